The summed E-state index contributed by atoms with van der Waals surface area (Å²) >= 11 is 5.11. The number of hydrogen-bond donors (Lipinski definition) is 1. The Kier molecular flexibility index (Phi) is 7.92. The van der Waals surface area contributed by atoms with Gasteiger partial charge in [0.1, 0.15) is 22.0 Å². The number of nitrogens with one attached hydrogen (secondary N) is 1. The molecule has 0 aliphatic carbocycles. The average Bonchev–Trinajstić information content (AvgIpc) is 3.30. The molecule has 1 aromatic carbocycles. The van der Waals surface area contributed by atoms with Crippen molar-refractivity contribution in [2.45, 2.75) is 45.3 Å². The molecule has 0 spiro atoms. The highest BCUT2D eigenvalue weighted by molar-refractivity contribution is 9.10. The first-order valence-electron chi connectivity index (χ1n) is 12.8. The van der Waals surface area contributed by atoms with E-state index < -0.39 is 5.60 Å². The first-order chi connectivity index (χ1) is 18.2. The first-order valence-corrected chi connectivity index (χ1v) is 14.4. The highest BCUT2D eigenvalue weighted by Gasteiger charge is 2.30. The number of hydrogen-bond acceptors (Lipinski definition) is 10. The summed E-state index contributed by atoms with van der Waals surface area (Å²) < 4.78 is 19.0. The Hall–Kier alpha value is -2.70. The van der Waals surface area contributed by atoms with Crippen LogP contribution < -0.4 is 15.0 Å². The van der Waals surface area contributed by atoms with Crippen LogP contribution in [0.2, 0.25) is 0 Å². The lowest BCUT2D eigenvalue weighted by Gasteiger charge is -2.35. The lowest BCUT2D eigenvalue weighted by molar-refractivity contribution is 0.0206. The fraction of sp³-hybridized carbons (Fsp3) is 0.538. The molecule has 2 fully saturated rings. The summed E-state index contributed by atoms with van der Waals surface area (Å²) in [7, 11) is 1.62. The quantitative estimate of drug-likeness (QED) is 0.422. The Morgan fingerprint density at radius 1 is 1.18 bits per heavy atom. The summed E-state index contributed by atoms with van der Waals surface area (Å²) in [6, 6.07) is 6.03. The van der Waals surface area contributed by atoms with Gasteiger partial charge in [0.25, 0.3) is 0 Å². The molecule has 0 saturated carbocycles. The van der Waals surface area contributed by atoms with Gasteiger partial charge in [0, 0.05) is 36.7 Å². The fourth-order valence-electron chi connectivity index (χ4n) is 4.57. The van der Waals surface area contributed by atoms with Gasteiger partial charge >= 0.3 is 6.09 Å². The van der Waals surface area contributed by atoms with Gasteiger partial charge in [-0.3, -0.25) is 0 Å². The molecule has 2 aliphatic rings. The first kappa shape index (κ1) is 26.9. The lowest BCUT2D eigenvalue weighted by Crippen LogP contribution is -2.47. The average molecular weight is 606 g/mol. The second-order valence-electron chi connectivity index (χ2n) is 10.4. The number of amides is 1. The second kappa shape index (κ2) is 11.2. The summed E-state index contributed by atoms with van der Waals surface area (Å²) in [5, 5.41) is 4.39. The molecule has 0 bridgehead atoms. The molecule has 0 unspecified atom stereocenters. The standard InChI is InChI=1S/C26H33BrN6O4S/c1-26(2,3)37-25(34)33-9-5-6-17(15-33)28-21-20(23-29-18-14-16(27)7-8-19(18)38-23)22(35-4)31-24(30-21)32-10-12-36-13-11-32/h7-8,14,17H,5-6,9-13,15H2,1-4H3,(H,28,30,31)/t17-/m1/s1. The van der Waals surface area contributed by atoms with Crippen LogP contribution in [-0.2, 0) is 9.47 Å². The number of thiazole rings is 1. The predicted octanol–water partition coefficient (Wildman–Crippen LogP) is 5.17. The lowest BCUT2D eigenvalue weighted by atomic mass is 10.1. The normalized spacial score (nSPS) is 18.5. The van der Waals surface area contributed by atoms with E-state index in [9.17, 15) is 4.79 Å². The monoisotopic (exact) mass is 604 g/mol. The number of nitrogens with zero attached hydrogens (tertiary/aromatic N) is 5. The molecular weight excluding hydrogens is 572 g/mol. The highest BCUT2D eigenvalue weighted by atomic mass is 79.9. The van der Waals surface area contributed by atoms with Crippen molar-refractivity contribution in [3.05, 3.63) is 22.7 Å². The van der Waals surface area contributed by atoms with Gasteiger partial charge in [-0.05, 0) is 51.8 Å². The molecule has 204 valence electrons. The van der Waals surface area contributed by atoms with Crippen molar-refractivity contribution in [1.29, 1.82) is 0 Å². The zero-order valence-electron chi connectivity index (χ0n) is 22.1. The molecule has 38 heavy (non-hydrogen) atoms. The van der Waals surface area contributed by atoms with Gasteiger partial charge < -0.3 is 29.3 Å². The molecule has 0 radical (unpaired) electrons. The van der Waals surface area contributed by atoms with E-state index >= 15 is 0 Å². The van der Waals surface area contributed by atoms with Crippen LogP contribution in [0.3, 0.4) is 0 Å². The van der Waals surface area contributed by atoms with Crippen LogP contribution >= 0.6 is 27.3 Å². The van der Waals surface area contributed by atoms with E-state index in [2.05, 4.69) is 26.1 Å². The van der Waals surface area contributed by atoms with Crippen molar-refractivity contribution in [3.63, 3.8) is 0 Å². The Labute approximate surface area is 234 Å². The Balaban J connectivity index is 1.51. The van der Waals surface area contributed by atoms with Crippen molar-refractivity contribution >= 4 is 55.3 Å². The molecular formula is C26H33BrN6O4S. The van der Waals surface area contributed by atoms with Gasteiger partial charge in [0.2, 0.25) is 11.8 Å². The van der Waals surface area contributed by atoms with E-state index in [1.807, 2.05) is 39.0 Å². The topological polar surface area (TPSA) is 102 Å². The van der Waals surface area contributed by atoms with Crippen LogP contribution in [0.5, 0.6) is 5.88 Å². The molecule has 3 aromatic rings. The molecule has 12 heteroatoms. The minimum Gasteiger partial charge on any atom is -0.480 e. The minimum atomic E-state index is -0.542. The van der Waals surface area contributed by atoms with Crippen molar-refractivity contribution in [1.82, 2.24) is 19.9 Å². The SMILES string of the molecule is COc1nc(N2CCOCC2)nc(N[C@@H]2CCCN(C(=O)OC(C)(C)C)C2)c1-c1nc2cc(Br)ccc2s1. The third-order valence-corrected chi connectivity index (χ3v) is 7.88. The number of anilines is 2. The summed E-state index contributed by atoms with van der Waals surface area (Å²) in [6.45, 7) is 9.47. The second-order valence-corrected chi connectivity index (χ2v) is 12.3. The molecule has 2 aromatic heterocycles. The highest BCUT2D eigenvalue weighted by Crippen LogP contribution is 2.41. The largest absolute Gasteiger partial charge is 0.480 e. The van der Waals surface area contributed by atoms with E-state index in [1.165, 1.54) is 0 Å². The predicted molar refractivity (Wildman–Crippen MR) is 152 cm³/mol. The van der Waals surface area contributed by atoms with Crippen molar-refractivity contribution in [3.8, 4) is 16.5 Å². The summed E-state index contributed by atoms with van der Waals surface area (Å²) in [5.74, 6) is 1.69. The number of carbonyl (C=O) groups is 1. The summed E-state index contributed by atoms with van der Waals surface area (Å²) in [5.41, 5.74) is 1.06. The molecule has 1 atom stereocenters. The number of aromatic nitrogens is 3. The van der Waals surface area contributed by atoms with E-state index in [0.717, 1.165) is 38.1 Å². The number of benzene rings is 1. The molecule has 1 amide bonds. The van der Waals surface area contributed by atoms with Gasteiger partial charge in [-0.1, -0.05) is 15.9 Å². The van der Waals surface area contributed by atoms with E-state index in [4.69, 9.17) is 29.2 Å². The van der Waals surface area contributed by atoms with Gasteiger partial charge in [-0.15, -0.1) is 11.3 Å². The molecule has 4 heterocycles. The van der Waals surface area contributed by atoms with Crippen LogP contribution in [0, 0.1) is 0 Å². The number of morpholine rings is 1. The van der Waals surface area contributed by atoms with Gasteiger partial charge in [0.05, 0.1) is 30.5 Å². The van der Waals surface area contributed by atoms with Crippen LogP contribution in [0.25, 0.3) is 20.8 Å². The van der Waals surface area contributed by atoms with E-state index in [-0.39, 0.29) is 12.1 Å². The van der Waals surface area contributed by atoms with E-state index in [1.54, 1.807) is 23.3 Å². The summed E-state index contributed by atoms with van der Waals surface area (Å²) in [6.07, 6.45) is 1.46. The van der Waals surface area contributed by atoms with Gasteiger partial charge in [-0.2, -0.15) is 9.97 Å². The number of piperidine rings is 1. The zero-order valence-corrected chi connectivity index (χ0v) is 24.5. The minimum absolute atomic E-state index is 0.0179. The van der Waals surface area contributed by atoms with Crippen molar-refractivity contribution in [2.75, 3.05) is 56.7 Å². The third kappa shape index (κ3) is 6.13. The number of likely N-dealkylation sites (tertiary alicyclic amines) is 1. The number of rotatable bonds is 5. The van der Waals surface area contributed by atoms with Crippen molar-refractivity contribution < 1.29 is 19.0 Å². The van der Waals surface area contributed by atoms with Gasteiger partial charge in [-0.25, -0.2) is 9.78 Å². The van der Waals surface area contributed by atoms with Crippen LogP contribution in [-0.4, -0.2) is 84.1 Å². The Morgan fingerprint density at radius 2 is 1.97 bits per heavy atom. The Morgan fingerprint density at radius 3 is 2.71 bits per heavy atom. The molecule has 2 aliphatic heterocycles. The number of ether oxygens (including phenoxy) is 3. The molecule has 5 rings (SSSR count). The summed E-state index contributed by atoms with van der Waals surface area (Å²) in [4.78, 5) is 31.3. The third-order valence-electron chi connectivity index (χ3n) is 6.33. The van der Waals surface area contributed by atoms with Crippen molar-refractivity contribution in [2.24, 2.45) is 0 Å². The Bertz CT molecular complexity index is 1310. The van der Waals surface area contributed by atoms with Crippen LogP contribution in [0.1, 0.15) is 33.6 Å². The molecule has 2 saturated heterocycles. The fourth-order valence-corrected chi connectivity index (χ4v) is 5.90. The van der Waals surface area contributed by atoms with Gasteiger partial charge in [0.15, 0.2) is 0 Å². The maximum Gasteiger partial charge on any atom is 0.410 e. The molecule has 1 N–H and O–H groups in total. The smallest absolute Gasteiger partial charge is 0.410 e. The maximum absolute atomic E-state index is 12.8. The zero-order chi connectivity index (χ0) is 26.9. The maximum atomic E-state index is 12.8. The van der Waals surface area contributed by atoms with E-state index in [0.29, 0.717) is 57.0 Å². The number of halogens is 1. The number of carbonyl (C=O) groups excluding carboxylic acids is 1. The number of methoxy groups -OCH3 is 1. The number of fused-ring (bicyclic) bond motifs is 1. The van der Waals surface area contributed by atoms with Crippen LogP contribution in [0.4, 0.5) is 16.6 Å². The van der Waals surface area contributed by atoms with Crippen LogP contribution in [0.15, 0.2) is 22.7 Å². The molecule has 10 nitrogen and oxygen atoms in total.